The maximum absolute atomic E-state index is 13.6. The first kappa shape index (κ1) is 15.1. The minimum absolute atomic E-state index is 0.0446. The van der Waals surface area contributed by atoms with Gasteiger partial charge in [0.1, 0.15) is 0 Å². The van der Waals surface area contributed by atoms with Crippen LogP contribution in [0.25, 0.3) is 0 Å². The number of alkyl halides is 1. The number of rotatable bonds is 3. The van der Waals surface area contributed by atoms with Crippen molar-refractivity contribution >= 4 is 17.5 Å². The summed E-state index contributed by atoms with van der Waals surface area (Å²) in [6.45, 7) is 0. The molecule has 0 saturated heterocycles. The van der Waals surface area contributed by atoms with Crippen LogP contribution in [0.1, 0.15) is 42.5 Å². The first-order chi connectivity index (χ1) is 9.61. The molecule has 0 bridgehead atoms. The molecule has 1 aliphatic rings. The SMILES string of the molecule is COc1ccc(C(=O)NC2CCCCCC2Cl)cc1F. The lowest BCUT2D eigenvalue weighted by molar-refractivity contribution is 0.0933. The summed E-state index contributed by atoms with van der Waals surface area (Å²) in [5.41, 5.74) is 0.288. The molecular formula is C15H19ClFNO2. The van der Waals surface area contributed by atoms with Crippen LogP contribution in [0.3, 0.4) is 0 Å². The Morgan fingerprint density at radius 1 is 1.35 bits per heavy atom. The third kappa shape index (κ3) is 3.63. The first-order valence-electron chi connectivity index (χ1n) is 6.90. The number of methoxy groups -OCH3 is 1. The molecule has 0 spiro atoms. The van der Waals surface area contributed by atoms with E-state index in [2.05, 4.69) is 5.32 Å². The third-order valence-electron chi connectivity index (χ3n) is 3.66. The van der Waals surface area contributed by atoms with Crippen LogP contribution in [-0.2, 0) is 0 Å². The van der Waals surface area contributed by atoms with Crippen LogP contribution in [0.4, 0.5) is 4.39 Å². The van der Waals surface area contributed by atoms with Crippen LogP contribution < -0.4 is 10.1 Å². The quantitative estimate of drug-likeness (QED) is 0.685. The number of nitrogens with one attached hydrogen (secondary N) is 1. The van der Waals surface area contributed by atoms with E-state index < -0.39 is 5.82 Å². The summed E-state index contributed by atoms with van der Waals surface area (Å²) in [5, 5.41) is 2.86. The molecule has 1 N–H and O–H groups in total. The predicted molar refractivity (Wildman–Crippen MR) is 76.9 cm³/mol. The standard InChI is InChI=1S/C15H19ClFNO2/c1-20-14-8-7-10(9-12(14)17)15(19)18-13-6-4-2-3-5-11(13)16/h7-9,11,13H,2-6H2,1H3,(H,18,19). The lowest BCUT2D eigenvalue weighted by atomic mass is 10.1. The van der Waals surface area contributed by atoms with Crippen LogP contribution in [-0.4, -0.2) is 24.4 Å². The van der Waals surface area contributed by atoms with Crippen molar-refractivity contribution in [2.24, 2.45) is 0 Å². The molecule has 110 valence electrons. The topological polar surface area (TPSA) is 38.3 Å². The Morgan fingerprint density at radius 2 is 2.10 bits per heavy atom. The molecular weight excluding hydrogens is 281 g/mol. The molecule has 1 aromatic rings. The molecule has 2 unspecified atom stereocenters. The van der Waals surface area contributed by atoms with Gasteiger partial charge >= 0.3 is 0 Å². The zero-order chi connectivity index (χ0) is 14.5. The van der Waals surface area contributed by atoms with Crippen LogP contribution in [0.2, 0.25) is 0 Å². The second kappa shape index (κ2) is 6.93. The van der Waals surface area contributed by atoms with E-state index in [0.29, 0.717) is 0 Å². The summed E-state index contributed by atoms with van der Waals surface area (Å²) < 4.78 is 18.4. The fourth-order valence-electron chi connectivity index (χ4n) is 2.48. The van der Waals surface area contributed by atoms with Crippen molar-refractivity contribution in [1.82, 2.24) is 5.32 Å². The first-order valence-corrected chi connectivity index (χ1v) is 7.34. The van der Waals surface area contributed by atoms with Crippen molar-refractivity contribution < 1.29 is 13.9 Å². The van der Waals surface area contributed by atoms with E-state index in [9.17, 15) is 9.18 Å². The molecule has 0 heterocycles. The second-order valence-corrected chi connectivity index (χ2v) is 5.64. The van der Waals surface area contributed by atoms with E-state index in [0.717, 1.165) is 32.1 Å². The number of carbonyl (C=O) groups excluding carboxylic acids is 1. The average molecular weight is 300 g/mol. The maximum Gasteiger partial charge on any atom is 0.251 e. The largest absolute Gasteiger partial charge is 0.494 e. The number of ether oxygens (including phenoxy) is 1. The Bertz CT molecular complexity index is 481. The van der Waals surface area contributed by atoms with E-state index in [1.807, 2.05) is 0 Å². The molecule has 0 radical (unpaired) electrons. The maximum atomic E-state index is 13.6. The molecule has 20 heavy (non-hydrogen) atoms. The highest BCUT2D eigenvalue weighted by Gasteiger charge is 2.24. The number of carbonyl (C=O) groups is 1. The van der Waals surface area contributed by atoms with Gasteiger partial charge in [0.2, 0.25) is 0 Å². The molecule has 2 rings (SSSR count). The van der Waals surface area contributed by atoms with E-state index in [1.165, 1.54) is 19.2 Å². The van der Waals surface area contributed by atoms with Gasteiger partial charge in [0.25, 0.3) is 5.91 Å². The predicted octanol–water partition coefficient (Wildman–Crippen LogP) is 3.50. The number of halogens is 2. The summed E-state index contributed by atoms with van der Waals surface area (Å²) in [6.07, 6.45) is 5.08. The van der Waals surface area contributed by atoms with Gasteiger partial charge in [0.05, 0.1) is 12.5 Å². The average Bonchev–Trinajstić information content (AvgIpc) is 2.64. The lowest BCUT2D eigenvalue weighted by Crippen LogP contribution is -2.40. The van der Waals surface area contributed by atoms with E-state index in [1.54, 1.807) is 6.07 Å². The van der Waals surface area contributed by atoms with Crippen molar-refractivity contribution in [2.75, 3.05) is 7.11 Å². The number of amides is 1. The molecule has 5 heteroatoms. The molecule has 0 aromatic heterocycles. The van der Waals surface area contributed by atoms with Crippen LogP contribution in [0.5, 0.6) is 5.75 Å². The van der Waals surface area contributed by atoms with Gasteiger partial charge in [-0.3, -0.25) is 4.79 Å². The van der Waals surface area contributed by atoms with Crippen LogP contribution >= 0.6 is 11.6 Å². The van der Waals surface area contributed by atoms with Crippen molar-refractivity contribution in [3.63, 3.8) is 0 Å². The zero-order valence-corrected chi connectivity index (χ0v) is 12.3. The Labute approximate surface area is 123 Å². The Balaban J connectivity index is 2.05. The fourth-order valence-corrected chi connectivity index (χ4v) is 2.83. The summed E-state index contributed by atoms with van der Waals surface area (Å²) in [4.78, 5) is 12.1. The molecule has 2 atom stereocenters. The summed E-state index contributed by atoms with van der Waals surface area (Å²) >= 11 is 6.29. The van der Waals surface area contributed by atoms with Crippen molar-refractivity contribution in [3.05, 3.63) is 29.6 Å². The normalized spacial score (nSPS) is 22.9. The zero-order valence-electron chi connectivity index (χ0n) is 11.5. The van der Waals surface area contributed by atoms with Gasteiger partial charge in [-0.25, -0.2) is 4.39 Å². The highest BCUT2D eigenvalue weighted by atomic mass is 35.5. The monoisotopic (exact) mass is 299 g/mol. The Hall–Kier alpha value is -1.29. The van der Waals surface area contributed by atoms with Gasteiger partial charge < -0.3 is 10.1 Å². The highest BCUT2D eigenvalue weighted by Crippen LogP contribution is 2.23. The third-order valence-corrected chi connectivity index (χ3v) is 4.18. The van der Waals surface area contributed by atoms with Gasteiger partial charge in [0, 0.05) is 11.6 Å². The van der Waals surface area contributed by atoms with Crippen molar-refractivity contribution in [3.8, 4) is 5.75 Å². The van der Waals surface area contributed by atoms with Gasteiger partial charge in [-0.1, -0.05) is 19.3 Å². The number of hydrogen-bond acceptors (Lipinski definition) is 2. The highest BCUT2D eigenvalue weighted by molar-refractivity contribution is 6.21. The molecule has 3 nitrogen and oxygen atoms in total. The van der Waals surface area contributed by atoms with Gasteiger partial charge in [-0.2, -0.15) is 0 Å². The van der Waals surface area contributed by atoms with E-state index in [4.69, 9.17) is 16.3 Å². The summed E-state index contributed by atoms with van der Waals surface area (Å²) in [5.74, 6) is -0.696. The second-order valence-electron chi connectivity index (χ2n) is 5.08. The number of benzene rings is 1. The van der Waals surface area contributed by atoms with Gasteiger partial charge in [-0.15, -0.1) is 11.6 Å². The molecule has 1 aliphatic carbocycles. The summed E-state index contributed by atoms with van der Waals surface area (Å²) in [6, 6.07) is 4.15. The van der Waals surface area contributed by atoms with Crippen molar-refractivity contribution in [2.45, 2.75) is 43.5 Å². The van der Waals surface area contributed by atoms with E-state index in [-0.39, 0.29) is 28.6 Å². The molecule has 1 fully saturated rings. The van der Waals surface area contributed by atoms with Crippen LogP contribution in [0.15, 0.2) is 18.2 Å². The van der Waals surface area contributed by atoms with Crippen molar-refractivity contribution in [1.29, 1.82) is 0 Å². The summed E-state index contributed by atoms with van der Waals surface area (Å²) in [7, 11) is 1.39. The Morgan fingerprint density at radius 3 is 2.80 bits per heavy atom. The lowest BCUT2D eigenvalue weighted by Gasteiger charge is -2.21. The Kier molecular flexibility index (Phi) is 5.24. The molecule has 0 aliphatic heterocycles. The van der Waals surface area contributed by atoms with E-state index >= 15 is 0 Å². The minimum Gasteiger partial charge on any atom is -0.494 e. The van der Waals surface area contributed by atoms with Gasteiger partial charge in [-0.05, 0) is 31.0 Å². The van der Waals surface area contributed by atoms with Gasteiger partial charge in [0.15, 0.2) is 11.6 Å². The number of hydrogen-bond donors (Lipinski definition) is 1. The molecule has 1 saturated carbocycles. The fraction of sp³-hybridized carbons (Fsp3) is 0.533. The molecule has 1 aromatic carbocycles. The van der Waals surface area contributed by atoms with Crippen LogP contribution in [0, 0.1) is 5.82 Å². The minimum atomic E-state index is -0.538. The smallest absolute Gasteiger partial charge is 0.251 e. The molecule has 1 amide bonds.